The van der Waals surface area contributed by atoms with Gasteiger partial charge in [0.05, 0.1) is 36.5 Å². The van der Waals surface area contributed by atoms with Crippen LogP contribution in [0.1, 0.15) is 55.3 Å². The van der Waals surface area contributed by atoms with Crippen LogP contribution in [-0.2, 0) is 11.3 Å². The zero-order valence-corrected chi connectivity index (χ0v) is 24.0. The molecule has 0 radical (unpaired) electrons. The number of carbonyl (C=O) groups excluding carboxylic acids is 2. The van der Waals surface area contributed by atoms with Crippen molar-refractivity contribution in [3.8, 4) is 11.1 Å². The van der Waals surface area contributed by atoms with Crippen molar-refractivity contribution in [3.63, 3.8) is 0 Å². The highest BCUT2D eigenvalue weighted by Gasteiger charge is 2.56. The van der Waals surface area contributed by atoms with Crippen LogP contribution < -0.4 is 5.56 Å². The Kier molecular flexibility index (Phi) is 9.07. The lowest BCUT2D eigenvalue weighted by atomic mass is 9.65. The highest BCUT2D eigenvalue weighted by Crippen LogP contribution is 2.52. The predicted molar refractivity (Wildman–Crippen MR) is 146 cm³/mol. The minimum absolute atomic E-state index is 0.159. The molecule has 13 heteroatoms. The van der Waals surface area contributed by atoms with Gasteiger partial charge in [0.25, 0.3) is 11.5 Å². The number of aromatic nitrogens is 1. The second kappa shape index (κ2) is 12.0. The molecule has 2 fully saturated rings. The van der Waals surface area contributed by atoms with E-state index in [0.717, 1.165) is 4.90 Å². The molecule has 43 heavy (non-hydrogen) atoms. The summed E-state index contributed by atoms with van der Waals surface area (Å²) in [6, 6.07) is 10.1. The van der Waals surface area contributed by atoms with Gasteiger partial charge in [0, 0.05) is 50.4 Å². The van der Waals surface area contributed by atoms with Gasteiger partial charge in [-0.05, 0) is 24.8 Å². The lowest BCUT2D eigenvalue weighted by Crippen LogP contribution is -2.62. The summed E-state index contributed by atoms with van der Waals surface area (Å²) in [6.45, 7) is -0.760. The third-order valence-corrected chi connectivity index (χ3v) is 8.73. The van der Waals surface area contributed by atoms with E-state index in [0.29, 0.717) is 36.8 Å². The van der Waals surface area contributed by atoms with Crippen molar-refractivity contribution in [1.29, 1.82) is 0 Å². The average molecular weight is 616 g/mol. The van der Waals surface area contributed by atoms with E-state index in [9.17, 15) is 45.8 Å². The first-order valence-electron chi connectivity index (χ1n) is 14.1. The normalized spacial score (nSPS) is 20.6. The summed E-state index contributed by atoms with van der Waals surface area (Å²) >= 11 is 0. The SMILES string of the molecule is CN(C)C(=O)c1cn(CC2(O)CCN(C(=O)C(CC(F)(F)F)CC(F)(F)F)CC23CCCC3)c(=O)cc1-c1ccccc1. The molecular weight excluding hydrogens is 580 g/mol. The van der Waals surface area contributed by atoms with Crippen LogP contribution in [0.25, 0.3) is 11.1 Å². The van der Waals surface area contributed by atoms with Crippen molar-refractivity contribution < 1.29 is 41.0 Å². The number of hydrogen-bond acceptors (Lipinski definition) is 4. The number of rotatable bonds is 7. The molecule has 2 aromatic rings. The Balaban J connectivity index is 1.67. The molecule has 2 amide bonds. The molecule has 7 nitrogen and oxygen atoms in total. The van der Waals surface area contributed by atoms with Gasteiger partial charge in [0.1, 0.15) is 0 Å². The maximum Gasteiger partial charge on any atom is 0.389 e. The molecule has 1 aromatic carbocycles. The molecule has 0 bridgehead atoms. The number of aliphatic hydroxyl groups is 1. The van der Waals surface area contributed by atoms with E-state index in [1.165, 1.54) is 21.7 Å². The molecule has 1 saturated heterocycles. The monoisotopic (exact) mass is 615 g/mol. The Bertz CT molecular complexity index is 1370. The predicted octanol–water partition coefficient (Wildman–Crippen LogP) is 5.26. The Morgan fingerprint density at radius 2 is 1.56 bits per heavy atom. The molecule has 1 saturated carbocycles. The van der Waals surface area contributed by atoms with Crippen molar-refractivity contribution in [3.05, 3.63) is 58.5 Å². The Morgan fingerprint density at radius 3 is 2.09 bits per heavy atom. The van der Waals surface area contributed by atoms with Crippen molar-refractivity contribution in [2.24, 2.45) is 11.3 Å². The van der Waals surface area contributed by atoms with Gasteiger partial charge in [-0.15, -0.1) is 0 Å². The van der Waals surface area contributed by atoms with Gasteiger partial charge >= 0.3 is 12.4 Å². The van der Waals surface area contributed by atoms with Crippen molar-refractivity contribution in [1.82, 2.24) is 14.4 Å². The number of carbonyl (C=O) groups is 2. The summed E-state index contributed by atoms with van der Waals surface area (Å²) in [5.74, 6) is -3.94. The Hall–Kier alpha value is -3.35. The number of amides is 2. The number of halogens is 6. The molecule has 1 N–H and O–H groups in total. The highest BCUT2D eigenvalue weighted by molar-refractivity contribution is 6.00. The lowest BCUT2D eigenvalue weighted by molar-refractivity contribution is -0.190. The van der Waals surface area contributed by atoms with Crippen LogP contribution >= 0.6 is 0 Å². The van der Waals surface area contributed by atoms with E-state index in [-0.39, 0.29) is 37.5 Å². The van der Waals surface area contributed by atoms with E-state index >= 15 is 0 Å². The molecule has 1 aliphatic carbocycles. The fraction of sp³-hybridized carbons (Fsp3) is 0.567. The second-order valence-electron chi connectivity index (χ2n) is 12.0. The van der Waals surface area contributed by atoms with Gasteiger partial charge in [0.2, 0.25) is 5.91 Å². The fourth-order valence-electron chi connectivity index (χ4n) is 6.60. The Labute approximate surface area is 245 Å². The quantitative estimate of drug-likeness (QED) is 0.431. The van der Waals surface area contributed by atoms with E-state index in [1.54, 1.807) is 44.4 Å². The van der Waals surface area contributed by atoms with Crippen molar-refractivity contribution in [2.45, 2.75) is 69.4 Å². The summed E-state index contributed by atoms with van der Waals surface area (Å²) < 4.78 is 80.1. The van der Waals surface area contributed by atoms with Crippen LogP contribution in [0, 0.1) is 11.3 Å². The molecule has 2 heterocycles. The smallest absolute Gasteiger partial charge is 0.387 e. The van der Waals surface area contributed by atoms with E-state index in [1.807, 2.05) is 0 Å². The van der Waals surface area contributed by atoms with Crippen LogP contribution in [0.4, 0.5) is 26.3 Å². The number of alkyl halides is 6. The van der Waals surface area contributed by atoms with Gasteiger partial charge in [-0.25, -0.2) is 0 Å². The van der Waals surface area contributed by atoms with Gasteiger partial charge in [-0.1, -0.05) is 43.2 Å². The molecule has 1 spiro atoms. The maximum absolute atomic E-state index is 13.4. The third kappa shape index (κ3) is 7.25. The average Bonchev–Trinajstić information content (AvgIpc) is 3.39. The number of hydrogen-bond donors (Lipinski definition) is 1. The number of nitrogens with zero attached hydrogens (tertiary/aromatic N) is 3. The molecule has 1 aromatic heterocycles. The molecule has 1 unspecified atom stereocenters. The Morgan fingerprint density at radius 1 is 0.977 bits per heavy atom. The zero-order chi connectivity index (χ0) is 31.8. The topological polar surface area (TPSA) is 82.8 Å². The summed E-state index contributed by atoms with van der Waals surface area (Å²) in [4.78, 5) is 42.0. The van der Waals surface area contributed by atoms with Crippen LogP contribution in [0.5, 0.6) is 0 Å². The minimum atomic E-state index is -4.97. The summed E-state index contributed by atoms with van der Waals surface area (Å²) in [5, 5.41) is 12.1. The zero-order valence-electron chi connectivity index (χ0n) is 24.0. The molecule has 1 aliphatic heterocycles. The number of likely N-dealkylation sites (tertiary alicyclic amines) is 1. The first-order valence-corrected chi connectivity index (χ1v) is 14.1. The largest absolute Gasteiger partial charge is 0.389 e. The second-order valence-corrected chi connectivity index (χ2v) is 12.0. The number of benzene rings is 1. The van der Waals surface area contributed by atoms with Crippen molar-refractivity contribution in [2.75, 3.05) is 27.2 Å². The van der Waals surface area contributed by atoms with E-state index in [2.05, 4.69) is 0 Å². The molecular formula is C30H35F6N3O4. The van der Waals surface area contributed by atoms with Crippen LogP contribution in [-0.4, -0.2) is 76.4 Å². The first-order chi connectivity index (χ1) is 19.9. The lowest BCUT2D eigenvalue weighted by Gasteiger charge is -2.53. The van der Waals surface area contributed by atoms with Crippen LogP contribution in [0.3, 0.4) is 0 Å². The minimum Gasteiger partial charge on any atom is -0.387 e. The number of pyridine rings is 1. The standard InChI is InChI=1S/C30H35F6N3O4/c1-37(2)26(42)23-17-39(24(40)14-22(23)20-8-4-3-5-9-20)19-28(43)12-13-38(18-27(28)10-6-7-11-27)25(41)21(15-29(31,32)33)16-30(34,35)36/h3-5,8-9,14,17,21,43H,6-7,10-13,15-16,18-19H2,1-2H3. The van der Waals surface area contributed by atoms with E-state index in [4.69, 9.17) is 0 Å². The molecule has 2 aliphatic rings. The summed E-state index contributed by atoms with van der Waals surface area (Å²) in [5.41, 5.74) is -1.89. The van der Waals surface area contributed by atoms with Gasteiger partial charge in [-0.3, -0.25) is 14.4 Å². The molecule has 236 valence electrons. The van der Waals surface area contributed by atoms with Crippen molar-refractivity contribution >= 4 is 11.8 Å². The van der Waals surface area contributed by atoms with Crippen LogP contribution in [0.2, 0.25) is 0 Å². The maximum atomic E-state index is 13.4. The molecule has 1 atom stereocenters. The fourth-order valence-corrected chi connectivity index (χ4v) is 6.60. The van der Waals surface area contributed by atoms with Gasteiger partial charge < -0.3 is 19.5 Å². The molecule has 4 rings (SSSR count). The first kappa shape index (κ1) is 32.6. The summed E-state index contributed by atoms with van der Waals surface area (Å²) in [6.07, 6.45) is -10.5. The van der Waals surface area contributed by atoms with Gasteiger partial charge in [0.15, 0.2) is 0 Å². The van der Waals surface area contributed by atoms with Gasteiger partial charge in [-0.2, -0.15) is 26.3 Å². The third-order valence-electron chi connectivity index (χ3n) is 8.73. The van der Waals surface area contributed by atoms with Crippen LogP contribution in [0.15, 0.2) is 47.4 Å². The summed E-state index contributed by atoms with van der Waals surface area (Å²) in [7, 11) is 3.12. The number of piperidine rings is 1. The highest BCUT2D eigenvalue weighted by atomic mass is 19.4. The van der Waals surface area contributed by atoms with E-state index < -0.39 is 53.6 Å².